The van der Waals surface area contributed by atoms with Gasteiger partial charge in [0.25, 0.3) is 0 Å². The van der Waals surface area contributed by atoms with Gasteiger partial charge in [-0.05, 0) is 102 Å². The molecule has 0 bridgehead atoms. The molecule has 2 heterocycles. The number of benzene rings is 2. The Morgan fingerprint density at radius 2 is 1.71 bits per heavy atom. The summed E-state index contributed by atoms with van der Waals surface area (Å²) in [4.78, 5) is 11.1. The summed E-state index contributed by atoms with van der Waals surface area (Å²) in [5, 5.41) is 6.55. The fourth-order valence-electron chi connectivity index (χ4n) is 4.13. The molecule has 8 nitrogen and oxygen atoms in total. The number of piperidine rings is 1. The van der Waals surface area contributed by atoms with Gasteiger partial charge in [0, 0.05) is 23.1 Å². The van der Waals surface area contributed by atoms with E-state index in [0.29, 0.717) is 23.1 Å². The Morgan fingerprint density at radius 1 is 1.05 bits per heavy atom. The number of aryl methyl sites for hydroxylation is 1. The molecule has 0 atom stereocenters. The molecule has 1 aromatic heterocycles. The summed E-state index contributed by atoms with van der Waals surface area (Å²) in [5.74, 6) is 0.801. The van der Waals surface area contributed by atoms with Gasteiger partial charge in [-0.15, -0.1) is 0 Å². The highest BCUT2D eigenvalue weighted by molar-refractivity contribution is 7.94. The van der Waals surface area contributed by atoms with Crippen LogP contribution >= 0.6 is 11.6 Å². The van der Waals surface area contributed by atoms with E-state index in [-0.39, 0.29) is 22.4 Å². The van der Waals surface area contributed by atoms with Crippen LogP contribution in [0.15, 0.2) is 42.6 Å². The van der Waals surface area contributed by atoms with Gasteiger partial charge in [-0.25, -0.2) is 17.8 Å². The van der Waals surface area contributed by atoms with Gasteiger partial charge >= 0.3 is 0 Å². The molecule has 0 radical (unpaired) electrons. The van der Waals surface area contributed by atoms with Crippen molar-refractivity contribution in [2.45, 2.75) is 51.2 Å². The van der Waals surface area contributed by atoms with E-state index in [1.54, 1.807) is 45.2 Å². The number of sulfonamides is 1. The molecule has 0 unspecified atom stereocenters. The number of likely N-dealkylation sites (tertiary alicyclic amines) is 1. The first-order chi connectivity index (χ1) is 17.8. The van der Waals surface area contributed by atoms with Crippen LogP contribution in [0.2, 0.25) is 5.02 Å². The Bertz CT molecular complexity index is 1420. The number of nitrogens with one attached hydrogen (secondary N) is 3. The van der Waals surface area contributed by atoms with Crippen LogP contribution in [0.5, 0.6) is 0 Å². The Hall–Kier alpha value is -2.95. The fraction of sp³-hybridized carbons (Fsp3) is 0.407. The Morgan fingerprint density at radius 3 is 2.37 bits per heavy atom. The molecule has 0 aliphatic carbocycles. The standard InChI is InChI=1S/C27H34ClFN6O2S/c1-17-16-30-26(32-19-6-8-21(23(29)14-19)18-10-12-35(5)13-11-18)33-25(17)31-20-7-9-22(28)24(15-20)34-38(36,37)27(2,3)4/h6-9,14-16,18,34H,10-13H2,1-5H3,(H2,30,31,32,33). The Kier molecular flexibility index (Phi) is 8.15. The highest BCUT2D eigenvalue weighted by Crippen LogP contribution is 2.32. The molecule has 38 heavy (non-hydrogen) atoms. The fourth-order valence-corrected chi connectivity index (χ4v) is 5.11. The molecule has 2 aromatic carbocycles. The number of hydrogen-bond acceptors (Lipinski definition) is 7. The third-order valence-electron chi connectivity index (χ3n) is 6.67. The van der Waals surface area contributed by atoms with Crippen LogP contribution < -0.4 is 15.4 Å². The topological polar surface area (TPSA) is 99.2 Å². The average Bonchev–Trinajstić information content (AvgIpc) is 2.83. The van der Waals surface area contributed by atoms with Gasteiger partial charge in [0.15, 0.2) is 0 Å². The number of hydrogen-bond donors (Lipinski definition) is 3. The summed E-state index contributed by atoms with van der Waals surface area (Å²) in [6.45, 7) is 8.61. The summed E-state index contributed by atoms with van der Waals surface area (Å²) < 4.78 is 41.8. The molecule has 4 rings (SSSR count). The van der Waals surface area contributed by atoms with Crippen molar-refractivity contribution in [3.63, 3.8) is 0 Å². The van der Waals surface area contributed by atoms with Gasteiger partial charge < -0.3 is 15.5 Å². The summed E-state index contributed by atoms with van der Waals surface area (Å²) in [6.07, 6.45) is 3.54. The molecule has 1 aliphatic heterocycles. The zero-order valence-electron chi connectivity index (χ0n) is 22.3. The zero-order chi connectivity index (χ0) is 27.7. The van der Waals surface area contributed by atoms with E-state index >= 15 is 0 Å². The highest BCUT2D eigenvalue weighted by atomic mass is 35.5. The van der Waals surface area contributed by atoms with Crippen LogP contribution in [0.3, 0.4) is 0 Å². The van der Waals surface area contributed by atoms with Crippen LogP contribution in [0, 0.1) is 12.7 Å². The van der Waals surface area contributed by atoms with E-state index in [1.807, 2.05) is 19.1 Å². The van der Waals surface area contributed by atoms with E-state index < -0.39 is 14.8 Å². The Balaban J connectivity index is 1.51. The lowest BCUT2D eigenvalue weighted by atomic mass is 9.89. The quantitative estimate of drug-likeness (QED) is 0.307. The van der Waals surface area contributed by atoms with Crippen LogP contribution in [0.25, 0.3) is 0 Å². The predicted molar refractivity (Wildman–Crippen MR) is 153 cm³/mol. The van der Waals surface area contributed by atoms with E-state index in [4.69, 9.17) is 11.6 Å². The van der Waals surface area contributed by atoms with Gasteiger partial charge in [-0.3, -0.25) is 4.72 Å². The minimum Gasteiger partial charge on any atom is -0.340 e. The van der Waals surface area contributed by atoms with Crippen molar-refractivity contribution in [2.24, 2.45) is 0 Å². The maximum Gasteiger partial charge on any atom is 0.237 e. The van der Waals surface area contributed by atoms with E-state index in [9.17, 15) is 12.8 Å². The molecule has 3 aromatic rings. The summed E-state index contributed by atoms with van der Waals surface area (Å²) in [6, 6.07) is 10.1. The normalized spacial score (nSPS) is 15.3. The summed E-state index contributed by atoms with van der Waals surface area (Å²) in [5.41, 5.74) is 2.92. The van der Waals surface area contributed by atoms with Gasteiger partial charge in [-0.2, -0.15) is 4.98 Å². The number of aromatic nitrogens is 2. The second kappa shape index (κ2) is 11.0. The third kappa shape index (κ3) is 6.54. The number of anilines is 5. The van der Waals surface area contributed by atoms with Gasteiger partial charge in [0.1, 0.15) is 11.6 Å². The van der Waals surface area contributed by atoms with Crippen molar-refractivity contribution in [1.29, 1.82) is 0 Å². The maximum absolute atomic E-state index is 15.0. The van der Waals surface area contributed by atoms with Crippen molar-refractivity contribution < 1.29 is 12.8 Å². The monoisotopic (exact) mass is 560 g/mol. The molecular weight excluding hydrogens is 527 g/mol. The molecule has 0 amide bonds. The first-order valence-corrected chi connectivity index (χ1v) is 14.4. The van der Waals surface area contributed by atoms with Crippen molar-refractivity contribution in [3.8, 4) is 0 Å². The molecule has 11 heteroatoms. The number of nitrogens with zero attached hydrogens (tertiary/aromatic N) is 3. The van der Waals surface area contributed by atoms with Crippen LogP contribution in [0.4, 0.5) is 33.2 Å². The smallest absolute Gasteiger partial charge is 0.237 e. The second-order valence-corrected chi connectivity index (χ2v) is 13.5. The maximum atomic E-state index is 15.0. The van der Waals surface area contributed by atoms with E-state index in [1.165, 1.54) is 6.07 Å². The average molecular weight is 561 g/mol. The predicted octanol–water partition coefficient (Wildman–Crippen LogP) is 6.41. The molecule has 3 N–H and O–H groups in total. The minimum absolute atomic E-state index is 0.226. The van der Waals surface area contributed by atoms with E-state index in [0.717, 1.165) is 37.1 Å². The van der Waals surface area contributed by atoms with Crippen LogP contribution in [-0.2, 0) is 10.0 Å². The molecule has 1 fully saturated rings. The summed E-state index contributed by atoms with van der Waals surface area (Å²) >= 11 is 6.26. The lowest BCUT2D eigenvalue weighted by molar-refractivity contribution is 0.253. The van der Waals surface area contributed by atoms with Crippen LogP contribution in [-0.4, -0.2) is 48.2 Å². The molecular formula is C27H34ClFN6O2S. The first-order valence-electron chi connectivity index (χ1n) is 12.5. The van der Waals surface area contributed by atoms with Crippen molar-refractivity contribution in [3.05, 3.63) is 64.6 Å². The molecule has 1 aliphatic rings. The second-order valence-electron chi connectivity index (χ2n) is 10.7. The van der Waals surface area contributed by atoms with Crippen LogP contribution in [0.1, 0.15) is 50.7 Å². The summed E-state index contributed by atoms with van der Waals surface area (Å²) in [7, 11) is -1.57. The lowest BCUT2D eigenvalue weighted by Gasteiger charge is -2.29. The number of rotatable bonds is 7. The highest BCUT2D eigenvalue weighted by Gasteiger charge is 2.29. The third-order valence-corrected chi connectivity index (χ3v) is 9.10. The van der Waals surface area contributed by atoms with Crippen molar-refractivity contribution in [2.75, 3.05) is 35.5 Å². The molecule has 0 spiro atoms. The molecule has 204 valence electrons. The van der Waals surface area contributed by atoms with Crippen molar-refractivity contribution in [1.82, 2.24) is 14.9 Å². The minimum atomic E-state index is -3.66. The van der Waals surface area contributed by atoms with Gasteiger partial charge in [-0.1, -0.05) is 17.7 Å². The lowest BCUT2D eigenvalue weighted by Crippen LogP contribution is -2.33. The molecule has 0 saturated carbocycles. The van der Waals surface area contributed by atoms with E-state index in [2.05, 4.69) is 37.3 Å². The SMILES string of the molecule is Cc1cnc(Nc2ccc(C3CCN(C)CC3)c(F)c2)nc1Nc1ccc(Cl)c(NS(=O)(=O)C(C)(C)C)c1. The largest absolute Gasteiger partial charge is 0.340 e. The zero-order valence-corrected chi connectivity index (χ0v) is 23.8. The van der Waals surface area contributed by atoms with Gasteiger partial charge in [0.2, 0.25) is 16.0 Å². The molecule has 1 saturated heterocycles. The van der Waals surface area contributed by atoms with Gasteiger partial charge in [0.05, 0.1) is 15.5 Å². The van der Waals surface area contributed by atoms with Crippen molar-refractivity contribution >= 4 is 50.5 Å². The Labute approximate surface area is 229 Å². The first kappa shape index (κ1) is 28.1. The number of halogens is 2.